The van der Waals surface area contributed by atoms with E-state index in [2.05, 4.69) is 0 Å². The predicted molar refractivity (Wildman–Crippen MR) is 83.8 cm³/mol. The molecule has 7 nitrogen and oxygen atoms in total. The van der Waals surface area contributed by atoms with Gasteiger partial charge in [-0.1, -0.05) is 17.7 Å². The number of methoxy groups -OCH3 is 1. The molecule has 0 unspecified atom stereocenters. The predicted octanol–water partition coefficient (Wildman–Crippen LogP) is 1.59. The monoisotopic (exact) mass is 358 g/mol. The smallest absolute Gasteiger partial charge is 0.297 e. The van der Waals surface area contributed by atoms with Gasteiger partial charge in [0.15, 0.2) is 18.2 Å². The minimum Gasteiger partial charge on any atom is -0.353 e. The fourth-order valence-corrected chi connectivity index (χ4v) is 3.89. The van der Waals surface area contributed by atoms with Crippen LogP contribution >= 0.6 is 0 Å². The van der Waals surface area contributed by atoms with E-state index in [4.69, 9.17) is 23.1 Å². The lowest BCUT2D eigenvalue weighted by molar-refractivity contribution is -0.299. The van der Waals surface area contributed by atoms with Crippen LogP contribution in [-0.4, -0.2) is 52.5 Å². The number of ether oxygens (including phenoxy) is 4. The van der Waals surface area contributed by atoms with Crippen molar-refractivity contribution in [1.29, 1.82) is 0 Å². The molecular weight excluding hydrogens is 336 g/mol. The van der Waals surface area contributed by atoms with Crippen molar-refractivity contribution in [2.75, 3.05) is 13.7 Å². The molecule has 8 heteroatoms. The number of fused-ring (bicyclic) bond motifs is 1. The van der Waals surface area contributed by atoms with Crippen molar-refractivity contribution < 1.29 is 31.5 Å². The summed E-state index contributed by atoms with van der Waals surface area (Å²) >= 11 is 0. The first kappa shape index (κ1) is 17.8. The third kappa shape index (κ3) is 3.49. The van der Waals surface area contributed by atoms with Gasteiger partial charge in [-0.2, -0.15) is 8.42 Å². The Balaban J connectivity index is 1.84. The molecular formula is C16H22O7S. The SMILES string of the molecule is CO[C@H]1O[C@@H]2COC(C)(C)O[C@H]2[C@@H]1OS(=O)(=O)c1ccc(C)cc1. The number of benzene rings is 1. The van der Waals surface area contributed by atoms with Crippen LogP contribution in [0.3, 0.4) is 0 Å². The molecule has 2 saturated heterocycles. The molecule has 4 atom stereocenters. The van der Waals surface area contributed by atoms with Gasteiger partial charge < -0.3 is 18.9 Å². The van der Waals surface area contributed by atoms with E-state index >= 15 is 0 Å². The molecule has 134 valence electrons. The molecule has 3 rings (SSSR count). The standard InChI is InChI=1S/C16H22O7S/c1-10-5-7-11(8-6-10)24(17,18)23-14-13-12(21-15(14)19-4)9-20-16(2,3)22-13/h5-8,12-15H,9H2,1-4H3/t12-,13-,14+,15+/m1/s1. The van der Waals surface area contributed by atoms with Crippen LogP contribution in [0.4, 0.5) is 0 Å². The Hall–Kier alpha value is -1.03. The summed E-state index contributed by atoms with van der Waals surface area (Å²) < 4.78 is 52.9. The molecule has 0 saturated carbocycles. The Morgan fingerprint density at radius 3 is 2.50 bits per heavy atom. The lowest BCUT2D eigenvalue weighted by Crippen LogP contribution is -2.51. The molecule has 0 N–H and O–H groups in total. The minimum absolute atomic E-state index is 0.0812. The highest BCUT2D eigenvalue weighted by Gasteiger charge is 2.53. The highest BCUT2D eigenvalue weighted by molar-refractivity contribution is 7.86. The van der Waals surface area contributed by atoms with Crippen LogP contribution in [0, 0.1) is 6.92 Å². The maximum Gasteiger partial charge on any atom is 0.297 e. The number of rotatable bonds is 4. The van der Waals surface area contributed by atoms with Crippen LogP contribution < -0.4 is 0 Å². The van der Waals surface area contributed by atoms with Crippen LogP contribution in [0.2, 0.25) is 0 Å². The van der Waals surface area contributed by atoms with Gasteiger partial charge in [0.2, 0.25) is 0 Å². The summed E-state index contributed by atoms with van der Waals surface area (Å²) in [6.45, 7) is 5.68. The highest BCUT2D eigenvalue weighted by Crippen LogP contribution is 2.36. The molecule has 2 aliphatic heterocycles. The molecule has 2 aliphatic rings. The minimum atomic E-state index is -3.97. The van der Waals surface area contributed by atoms with Gasteiger partial charge >= 0.3 is 0 Å². The highest BCUT2D eigenvalue weighted by atomic mass is 32.2. The number of hydrogen-bond acceptors (Lipinski definition) is 7. The summed E-state index contributed by atoms with van der Waals surface area (Å²) in [7, 11) is -2.54. The van der Waals surface area contributed by atoms with Gasteiger partial charge in [-0.25, -0.2) is 0 Å². The lowest BCUT2D eigenvalue weighted by atomic mass is 10.1. The second kappa shape index (κ2) is 6.36. The van der Waals surface area contributed by atoms with Gasteiger partial charge in [0, 0.05) is 7.11 Å². The van der Waals surface area contributed by atoms with E-state index < -0.39 is 40.5 Å². The first-order valence-electron chi connectivity index (χ1n) is 7.72. The molecule has 2 fully saturated rings. The van der Waals surface area contributed by atoms with E-state index in [-0.39, 0.29) is 11.5 Å². The van der Waals surface area contributed by atoms with Crippen molar-refractivity contribution in [1.82, 2.24) is 0 Å². The first-order valence-corrected chi connectivity index (χ1v) is 9.13. The zero-order chi connectivity index (χ0) is 17.5. The van der Waals surface area contributed by atoms with Crippen molar-refractivity contribution in [3.05, 3.63) is 29.8 Å². The molecule has 2 heterocycles. The Kier molecular flexibility index (Phi) is 4.71. The quantitative estimate of drug-likeness (QED) is 0.756. The van der Waals surface area contributed by atoms with Crippen molar-refractivity contribution in [2.45, 2.75) is 56.1 Å². The van der Waals surface area contributed by atoms with Gasteiger partial charge in [0.05, 0.1) is 11.5 Å². The fraction of sp³-hybridized carbons (Fsp3) is 0.625. The van der Waals surface area contributed by atoms with E-state index in [1.54, 1.807) is 26.0 Å². The van der Waals surface area contributed by atoms with Gasteiger partial charge in [-0.3, -0.25) is 4.18 Å². The molecule has 1 aromatic rings. The summed E-state index contributed by atoms with van der Waals surface area (Å²) in [6.07, 6.45) is -2.80. The summed E-state index contributed by atoms with van der Waals surface area (Å²) in [5, 5.41) is 0. The normalized spacial score (nSPS) is 32.5. The van der Waals surface area contributed by atoms with Crippen molar-refractivity contribution in [3.8, 4) is 0 Å². The molecule has 0 amide bonds. The van der Waals surface area contributed by atoms with Crippen LogP contribution in [0.1, 0.15) is 19.4 Å². The molecule has 0 bridgehead atoms. The second-order valence-electron chi connectivity index (χ2n) is 6.40. The van der Waals surface area contributed by atoms with Gasteiger partial charge in [0.25, 0.3) is 10.1 Å². The van der Waals surface area contributed by atoms with Crippen LogP contribution in [-0.2, 0) is 33.2 Å². The molecule has 0 spiro atoms. The van der Waals surface area contributed by atoms with Crippen molar-refractivity contribution >= 4 is 10.1 Å². The van der Waals surface area contributed by atoms with E-state index in [0.717, 1.165) is 5.56 Å². The van der Waals surface area contributed by atoms with Gasteiger partial charge in [0.1, 0.15) is 12.2 Å². The topological polar surface area (TPSA) is 80.3 Å². The Bertz CT molecular complexity index is 683. The zero-order valence-electron chi connectivity index (χ0n) is 14.1. The average Bonchev–Trinajstić information content (AvgIpc) is 2.83. The van der Waals surface area contributed by atoms with E-state index in [0.29, 0.717) is 0 Å². The second-order valence-corrected chi connectivity index (χ2v) is 7.97. The third-order valence-electron chi connectivity index (χ3n) is 4.06. The molecule has 24 heavy (non-hydrogen) atoms. The van der Waals surface area contributed by atoms with Crippen LogP contribution in [0.5, 0.6) is 0 Å². The Morgan fingerprint density at radius 2 is 1.88 bits per heavy atom. The summed E-state index contributed by atoms with van der Waals surface area (Å²) in [5.74, 6) is -0.845. The summed E-state index contributed by atoms with van der Waals surface area (Å²) in [4.78, 5) is 0.0812. The van der Waals surface area contributed by atoms with Crippen molar-refractivity contribution in [3.63, 3.8) is 0 Å². The number of aryl methyl sites for hydroxylation is 1. The van der Waals surface area contributed by atoms with Crippen LogP contribution in [0.25, 0.3) is 0 Å². The molecule has 0 aromatic heterocycles. The fourth-order valence-electron chi connectivity index (χ4n) is 2.81. The summed E-state index contributed by atoms with van der Waals surface area (Å²) in [5.41, 5.74) is 0.961. The van der Waals surface area contributed by atoms with Gasteiger partial charge in [-0.15, -0.1) is 0 Å². The maximum atomic E-state index is 12.6. The average molecular weight is 358 g/mol. The third-order valence-corrected chi connectivity index (χ3v) is 5.39. The largest absolute Gasteiger partial charge is 0.353 e. The van der Waals surface area contributed by atoms with E-state index in [9.17, 15) is 8.42 Å². The van der Waals surface area contributed by atoms with E-state index in [1.807, 2.05) is 6.92 Å². The van der Waals surface area contributed by atoms with Crippen LogP contribution in [0.15, 0.2) is 29.2 Å². The molecule has 1 aromatic carbocycles. The Labute approximate surface area is 141 Å². The maximum absolute atomic E-state index is 12.6. The molecule has 0 radical (unpaired) electrons. The first-order chi connectivity index (χ1) is 11.2. The number of hydrogen-bond donors (Lipinski definition) is 0. The zero-order valence-corrected chi connectivity index (χ0v) is 14.9. The van der Waals surface area contributed by atoms with Gasteiger partial charge in [-0.05, 0) is 32.9 Å². The van der Waals surface area contributed by atoms with Crippen molar-refractivity contribution in [2.24, 2.45) is 0 Å². The van der Waals surface area contributed by atoms with E-state index in [1.165, 1.54) is 19.2 Å². The summed E-state index contributed by atoms with van der Waals surface area (Å²) in [6, 6.07) is 6.45. The molecule has 0 aliphatic carbocycles. The lowest BCUT2D eigenvalue weighted by Gasteiger charge is -2.38. The Morgan fingerprint density at radius 1 is 1.21 bits per heavy atom.